The van der Waals surface area contributed by atoms with Crippen LogP contribution in [0.1, 0.15) is 155 Å². The minimum Gasteiger partial charge on any atom is -0.396 e. The van der Waals surface area contributed by atoms with Gasteiger partial charge in [0.2, 0.25) is 0 Å². The molecule has 0 spiro atoms. The molecule has 0 aliphatic heterocycles. The molecule has 0 amide bonds. The summed E-state index contributed by atoms with van der Waals surface area (Å²) in [6, 6.07) is 0. The van der Waals surface area contributed by atoms with Crippen LogP contribution < -0.4 is 5.32 Å². The molecule has 3 N–H and O–H groups in total. The molecule has 0 aliphatic carbocycles. The van der Waals surface area contributed by atoms with Crippen LogP contribution in [0.2, 0.25) is 0 Å². The maximum atomic E-state index is 10.5. The molecule has 0 radical (unpaired) electrons. The highest BCUT2D eigenvalue weighted by atomic mass is 16.6. The minimum atomic E-state index is -0.580. The predicted molar refractivity (Wildman–Crippen MR) is 144 cm³/mol. The van der Waals surface area contributed by atoms with Crippen molar-refractivity contribution in [2.75, 3.05) is 19.7 Å². The molecule has 0 saturated heterocycles. The first kappa shape index (κ1) is 32.8. The Bertz CT molecular complexity index is 338. The first-order valence-corrected chi connectivity index (χ1v) is 14.9. The number of aliphatic hydroxyl groups is 2. The van der Waals surface area contributed by atoms with Gasteiger partial charge < -0.3 is 20.3 Å². The van der Waals surface area contributed by atoms with E-state index in [0.29, 0.717) is 6.61 Å². The molecular weight excluding hydrogens is 410 g/mol. The van der Waals surface area contributed by atoms with E-state index in [1.165, 1.54) is 103 Å². The SMILES string of the molecule is CCCCCCCCC(CCCCCCCC)OC(O)CCCCCCCNCCCCO. The molecule has 0 aromatic rings. The lowest BCUT2D eigenvalue weighted by Gasteiger charge is -2.22. The van der Waals surface area contributed by atoms with Crippen molar-refractivity contribution in [3.8, 4) is 0 Å². The van der Waals surface area contributed by atoms with Crippen LogP contribution in [0.25, 0.3) is 0 Å². The molecule has 200 valence electrons. The Hall–Kier alpha value is -0.160. The monoisotopic (exact) mass is 471 g/mol. The van der Waals surface area contributed by atoms with Gasteiger partial charge in [-0.2, -0.15) is 0 Å². The lowest BCUT2D eigenvalue weighted by atomic mass is 10.0. The first-order valence-electron chi connectivity index (χ1n) is 14.9. The van der Waals surface area contributed by atoms with Crippen molar-refractivity contribution in [3.05, 3.63) is 0 Å². The molecule has 0 aromatic heterocycles. The smallest absolute Gasteiger partial charge is 0.154 e. The van der Waals surface area contributed by atoms with Gasteiger partial charge >= 0.3 is 0 Å². The van der Waals surface area contributed by atoms with E-state index in [9.17, 15) is 5.11 Å². The summed E-state index contributed by atoms with van der Waals surface area (Å²) < 4.78 is 6.13. The third-order valence-corrected chi connectivity index (χ3v) is 6.68. The van der Waals surface area contributed by atoms with Gasteiger partial charge in [-0.1, -0.05) is 110 Å². The quantitative estimate of drug-likeness (QED) is 0.0801. The van der Waals surface area contributed by atoms with E-state index in [2.05, 4.69) is 19.2 Å². The van der Waals surface area contributed by atoms with E-state index in [0.717, 1.165) is 51.6 Å². The number of rotatable bonds is 28. The minimum absolute atomic E-state index is 0.245. The van der Waals surface area contributed by atoms with Crippen LogP contribution in [0.3, 0.4) is 0 Å². The van der Waals surface area contributed by atoms with E-state index in [-0.39, 0.29) is 6.10 Å². The summed E-state index contributed by atoms with van der Waals surface area (Å²) in [6.45, 7) is 6.94. The van der Waals surface area contributed by atoms with Crippen LogP contribution in [0.4, 0.5) is 0 Å². The normalized spacial score (nSPS) is 12.6. The van der Waals surface area contributed by atoms with Crippen molar-refractivity contribution < 1.29 is 14.9 Å². The van der Waals surface area contributed by atoms with E-state index in [1.807, 2.05) is 0 Å². The van der Waals surface area contributed by atoms with Crippen LogP contribution in [0.15, 0.2) is 0 Å². The van der Waals surface area contributed by atoms with Gasteiger partial charge in [0.25, 0.3) is 0 Å². The largest absolute Gasteiger partial charge is 0.396 e. The summed E-state index contributed by atoms with van der Waals surface area (Å²) in [5.41, 5.74) is 0. The van der Waals surface area contributed by atoms with Gasteiger partial charge in [0, 0.05) is 6.61 Å². The van der Waals surface area contributed by atoms with E-state index < -0.39 is 6.29 Å². The zero-order chi connectivity index (χ0) is 24.2. The van der Waals surface area contributed by atoms with E-state index in [1.54, 1.807) is 0 Å². The Labute approximate surface area is 207 Å². The Balaban J connectivity index is 3.87. The molecular formula is C29H61NO3. The Morgan fingerprint density at radius 1 is 0.545 bits per heavy atom. The molecule has 4 nitrogen and oxygen atoms in total. The van der Waals surface area contributed by atoms with E-state index in [4.69, 9.17) is 9.84 Å². The summed E-state index contributed by atoms with van der Waals surface area (Å²) in [6.07, 6.45) is 26.4. The Kier molecular flexibility index (Phi) is 27.9. The molecule has 0 fully saturated rings. The Morgan fingerprint density at radius 3 is 1.48 bits per heavy atom. The fourth-order valence-electron chi connectivity index (χ4n) is 4.46. The highest BCUT2D eigenvalue weighted by molar-refractivity contribution is 4.62. The number of aliphatic hydroxyl groups excluding tert-OH is 2. The lowest BCUT2D eigenvalue weighted by Crippen LogP contribution is -2.22. The summed E-state index contributed by atoms with van der Waals surface area (Å²) in [5.74, 6) is 0. The lowest BCUT2D eigenvalue weighted by molar-refractivity contribution is -0.144. The zero-order valence-electron chi connectivity index (χ0n) is 22.6. The molecule has 1 atom stereocenters. The second-order valence-electron chi connectivity index (χ2n) is 10.1. The molecule has 0 bridgehead atoms. The van der Waals surface area contributed by atoms with E-state index >= 15 is 0 Å². The predicted octanol–water partition coefficient (Wildman–Crippen LogP) is 7.89. The molecule has 0 heterocycles. The third kappa shape index (κ3) is 26.3. The molecule has 4 heteroatoms. The second-order valence-corrected chi connectivity index (χ2v) is 10.1. The van der Waals surface area contributed by atoms with Crippen molar-refractivity contribution in [3.63, 3.8) is 0 Å². The second kappa shape index (κ2) is 28.1. The van der Waals surface area contributed by atoms with Gasteiger partial charge in [0.1, 0.15) is 0 Å². The molecule has 0 aromatic carbocycles. The van der Waals surface area contributed by atoms with Crippen molar-refractivity contribution in [1.29, 1.82) is 0 Å². The number of unbranched alkanes of at least 4 members (excludes halogenated alkanes) is 15. The number of nitrogens with one attached hydrogen (secondary N) is 1. The molecule has 0 rings (SSSR count). The molecule has 0 aliphatic rings. The fraction of sp³-hybridized carbons (Fsp3) is 1.00. The summed E-state index contributed by atoms with van der Waals surface area (Å²) in [4.78, 5) is 0. The van der Waals surface area contributed by atoms with Crippen LogP contribution in [-0.2, 0) is 4.74 Å². The van der Waals surface area contributed by atoms with Gasteiger partial charge in [0.15, 0.2) is 6.29 Å². The topological polar surface area (TPSA) is 61.7 Å². The zero-order valence-corrected chi connectivity index (χ0v) is 22.6. The highest BCUT2D eigenvalue weighted by Crippen LogP contribution is 2.19. The van der Waals surface area contributed by atoms with Gasteiger partial charge in [-0.25, -0.2) is 0 Å². The van der Waals surface area contributed by atoms with Gasteiger partial charge in [-0.15, -0.1) is 0 Å². The number of hydrogen-bond acceptors (Lipinski definition) is 4. The maximum absolute atomic E-state index is 10.5. The summed E-state index contributed by atoms with van der Waals surface area (Å²) in [7, 11) is 0. The van der Waals surface area contributed by atoms with Crippen molar-refractivity contribution >= 4 is 0 Å². The van der Waals surface area contributed by atoms with Crippen molar-refractivity contribution in [1.82, 2.24) is 5.32 Å². The average Bonchev–Trinajstić information content (AvgIpc) is 2.81. The van der Waals surface area contributed by atoms with Crippen molar-refractivity contribution in [2.45, 2.75) is 167 Å². The van der Waals surface area contributed by atoms with Crippen LogP contribution >= 0.6 is 0 Å². The summed E-state index contributed by atoms with van der Waals surface area (Å²) in [5, 5.41) is 22.7. The summed E-state index contributed by atoms with van der Waals surface area (Å²) >= 11 is 0. The maximum Gasteiger partial charge on any atom is 0.154 e. The van der Waals surface area contributed by atoms with Gasteiger partial charge in [0.05, 0.1) is 6.10 Å². The fourth-order valence-corrected chi connectivity index (χ4v) is 4.46. The molecule has 0 saturated carbocycles. The average molecular weight is 472 g/mol. The highest BCUT2D eigenvalue weighted by Gasteiger charge is 2.14. The third-order valence-electron chi connectivity index (χ3n) is 6.68. The number of ether oxygens (including phenoxy) is 1. The number of hydrogen-bond donors (Lipinski definition) is 3. The standard InChI is InChI=1S/C29H61NO3/c1-3-5-7-9-12-16-22-28(23-17-13-10-8-6-4-2)33-29(32)24-18-14-11-15-19-25-30-26-20-21-27-31/h28-32H,3-27H2,1-2H3. The van der Waals surface area contributed by atoms with Crippen LogP contribution in [0, 0.1) is 0 Å². The van der Waals surface area contributed by atoms with Gasteiger partial charge in [-0.3, -0.25) is 0 Å². The van der Waals surface area contributed by atoms with Gasteiger partial charge in [-0.05, 0) is 58.0 Å². The first-order chi connectivity index (χ1) is 16.2. The van der Waals surface area contributed by atoms with Crippen molar-refractivity contribution in [2.24, 2.45) is 0 Å². The molecule has 1 unspecified atom stereocenters. The molecule has 33 heavy (non-hydrogen) atoms. The van der Waals surface area contributed by atoms with Crippen LogP contribution in [0.5, 0.6) is 0 Å². The van der Waals surface area contributed by atoms with Crippen LogP contribution in [-0.4, -0.2) is 42.3 Å². The Morgan fingerprint density at radius 2 is 0.970 bits per heavy atom.